The van der Waals surface area contributed by atoms with Crippen LogP contribution < -0.4 is 19.5 Å². The second kappa shape index (κ2) is 13.5. The van der Waals surface area contributed by atoms with Gasteiger partial charge in [0.2, 0.25) is 6.43 Å². The molecule has 1 aliphatic rings. The highest BCUT2D eigenvalue weighted by molar-refractivity contribution is 5.82. The van der Waals surface area contributed by atoms with E-state index in [1.165, 1.54) is 20.1 Å². The number of rotatable bonds is 9. The average molecular weight is 530 g/mol. The number of ether oxygens (including phenoxy) is 3. The summed E-state index contributed by atoms with van der Waals surface area (Å²) in [6, 6.07) is 6.94. The Balaban J connectivity index is 0.000000733. The molecule has 4 rings (SSSR count). The fourth-order valence-corrected chi connectivity index (χ4v) is 3.71. The van der Waals surface area contributed by atoms with Crippen molar-refractivity contribution in [3.05, 3.63) is 42.2 Å². The highest BCUT2D eigenvalue weighted by atomic mass is 19.3. The van der Waals surface area contributed by atoms with Crippen molar-refractivity contribution in [3.63, 3.8) is 0 Å². The van der Waals surface area contributed by atoms with Gasteiger partial charge >= 0.3 is 6.61 Å². The van der Waals surface area contributed by atoms with Crippen molar-refractivity contribution < 1.29 is 36.9 Å². The maximum absolute atomic E-state index is 13.2. The van der Waals surface area contributed by atoms with Crippen LogP contribution in [0.4, 0.5) is 17.6 Å². The molecule has 2 heterocycles. The summed E-state index contributed by atoms with van der Waals surface area (Å²) in [5.74, 6) is 0.742. The number of fused-ring (bicyclic) bond motifs is 1. The van der Waals surface area contributed by atoms with E-state index < -0.39 is 18.8 Å². The lowest BCUT2D eigenvalue weighted by Crippen LogP contribution is -2.41. The van der Waals surface area contributed by atoms with Crippen LogP contribution in [0, 0.1) is 0 Å². The summed E-state index contributed by atoms with van der Waals surface area (Å²) >= 11 is 0. The molecular formula is C26H35F4N3O4. The summed E-state index contributed by atoms with van der Waals surface area (Å²) in [7, 11) is 1.42. The SMILES string of the molecule is CC.CC(F)F.CCOc1ccc2c(-c3cc(OC)c(C(C)(O)NC4CC4)c(OC(F)F)c3)cnn2c1. The van der Waals surface area contributed by atoms with Gasteiger partial charge < -0.3 is 19.3 Å². The van der Waals surface area contributed by atoms with Crippen LogP contribution in [0.3, 0.4) is 0 Å². The first-order valence-electron chi connectivity index (χ1n) is 12.1. The molecule has 0 saturated heterocycles. The minimum atomic E-state index is -3.06. The van der Waals surface area contributed by atoms with Gasteiger partial charge in [-0.1, -0.05) is 13.8 Å². The van der Waals surface area contributed by atoms with Gasteiger partial charge in [-0.2, -0.15) is 13.9 Å². The molecule has 2 aromatic heterocycles. The Bertz CT molecular complexity index is 1130. The zero-order valence-corrected chi connectivity index (χ0v) is 21.9. The fourth-order valence-electron chi connectivity index (χ4n) is 3.71. The second-order valence-corrected chi connectivity index (χ2v) is 8.13. The maximum Gasteiger partial charge on any atom is 0.387 e. The Labute approximate surface area is 214 Å². The van der Waals surface area contributed by atoms with E-state index in [0.717, 1.165) is 25.3 Å². The van der Waals surface area contributed by atoms with Gasteiger partial charge in [0, 0.05) is 11.6 Å². The average Bonchev–Trinajstić information content (AvgIpc) is 3.53. The fraction of sp³-hybridized carbons (Fsp3) is 0.500. The predicted octanol–water partition coefficient (Wildman–Crippen LogP) is 6.22. The van der Waals surface area contributed by atoms with E-state index in [4.69, 9.17) is 14.2 Å². The second-order valence-electron chi connectivity index (χ2n) is 8.13. The van der Waals surface area contributed by atoms with Crippen LogP contribution in [0.5, 0.6) is 17.2 Å². The highest BCUT2D eigenvalue weighted by Crippen LogP contribution is 2.43. The number of alkyl halides is 4. The van der Waals surface area contributed by atoms with Crippen LogP contribution in [0.1, 0.15) is 53.0 Å². The topological polar surface area (TPSA) is 77.2 Å². The van der Waals surface area contributed by atoms with Crippen molar-refractivity contribution in [1.29, 1.82) is 0 Å². The molecule has 0 amide bonds. The predicted molar refractivity (Wildman–Crippen MR) is 134 cm³/mol. The standard InChI is InChI=1S/C22H25F2N3O4.C2H4F2.C2H6/c1-4-30-15-7-8-17-16(11-25-27(17)12-15)13-9-18(29-3)20(19(10-13)31-21(23)24)22(2,28)26-14-5-6-14;1-2(3)4;1-2/h7-12,14,21,26,28H,4-6H2,1-3H3;2H,1H3;1-2H3. The summed E-state index contributed by atoms with van der Waals surface area (Å²) in [4.78, 5) is 0. The van der Waals surface area contributed by atoms with Crippen LogP contribution in [0.25, 0.3) is 16.6 Å². The largest absolute Gasteiger partial charge is 0.496 e. The Kier molecular flexibility index (Phi) is 11.0. The molecule has 206 valence electrons. The van der Waals surface area contributed by atoms with Gasteiger partial charge in [-0.3, -0.25) is 5.32 Å². The lowest BCUT2D eigenvalue weighted by Gasteiger charge is -2.29. The number of pyridine rings is 1. The van der Waals surface area contributed by atoms with Crippen LogP contribution in [0.2, 0.25) is 0 Å². The minimum Gasteiger partial charge on any atom is -0.496 e. The Morgan fingerprint density at radius 2 is 1.78 bits per heavy atom. The van der Waals surface area contributed by atoms with Crippen LogP contribution >= 0.6 is 0 Å². The number of hydrogen-bond acceptors (Lipinski definition) is 6. The molecule has 2 N–H and O–H groups in total. The zero-order chi connectivity index (χ0) is 27.8. The lowest BCUT2D eigenvalue weighted by molar-refractivity contribution is -0.0560. The van der Waals surface area contributed by atoms with Gasteiger partial charge in [0.05, 0.1) is 37.2 Å². The molecule has 1 unspecified atom stereocenters. The molecule has 11 heteroatoms. The van der Waals surface area contributed by atoms with Crippen LogP contribution in [-0.2, 0) is 5.72 Å². The van der Waals surface area contributed by atoms with Crippen molar-refractivity contribution in [2.75, 3.05) is 13.7 Å². The number of methoxy groups -OCH3 is 1. The number of benzene rings is 1. The van der Waals surface area contributed by atoms with Crippen molar-refractivity contribution >= 4 is 5.52 Å². The molecule has 1 fully saturated rings. The van der Waals surface area contributed by atoms with Gasteiger partial charge in [-0.05, 0) is 63.4 Å². The Hall–Kier alpha value is -3.05. The van der Waals surface area contributed by atoms with Gasteiger partial charge in [0.25, 0.3) is 0 Å². The first kappa shape index (κ1) is 30.2. The number of nitrogens with one attached hydrogen (secondary N) is 1. The molecule has 0 aliphatic heterocycles. The molecule has 1 aromatic carbocycles. The van der Waals surface area contributed by atoms with Gasteiger partial charge in [-0.25, -0.2) is 13.3 Å². The van der Waals surface area contributed by atoms with E-state index >= 15 is 0 Å². The quantitative estimate of drug-likeness (QED) is 0.253. The van der Waals surface area contributed by atoms with Crippen molar-refractivity contribution in [3.8, 4) is 28.4 Å². The first-order valence-corrected chi connectivity index (χ1v) is 12.1. The van der Waals surface area contributed by atoms with E-state index in [-0.39, 0.29) is 23.1 Å². The molecule has 1 atom stereocenters. The molecule has 1 aliphatic carbocycles. The van der Waals surface area contributed by atoms with Crippen molar-refractivity contribution in [2.24, 2.45) is 0 Å². The molecule has 0 spiro atoms. The van der Waals surface area contributed by atoms with Gasteiger partial charge in [-0.15, -0.1) is 0 Å². The molecule has 0 radical (unpaired) electrons. The number of halogens is 4. The lowest BCUT2D eigenvalue weighted by atomic mass is 9.97. The smallest absolute Gasteiger partial charge is 0.387 e. The van der Waals surface area contributed by atoms with E-state index in [0.29, 0.717) is 23.5 Å². The van der Waals surface area contributed by atoms with E-state index in [1.54, 1.807) is 23.0 Å². The van der Waals surface area contributed by atoms with E-state index in [1.807, 2.05) is 32.9 Å². The van der Waals surface area contributed by atoms with Crippen LogP contribution in [-0.4, -0.2) is 47.5 Å². The van der Waals surface area contributed by atoms with E-state index in [2.05, 4.69) is 10.4 Å². The number of hydrogen-bond donors (Lipinski definition) is 2. The number of nitrogens with zero attached hydrogens (tertiary/aromatic N) is 2. The monoisotopic (exact) mass is 529 g/mol. The molecular weight excluding hydrogens is 494 g/mol. The normalized spacial score (nSPS) is 14.4. The van der Waals surface area contributed by atoms with Gasteiger partial charge in [0.15, 0.2) is 0 Å². The zero-order valence-electron chi connectivity index (χ0n) is 21.9. The molecule has 3 aromatic rings. The Morgan fingerprint density at radius 1 is 1.16 bits per heavy atom. The molecule has 1 saturated carbocycles. The number of aromatic nitrogens is 2. The molecule has 7 nitrogen and oxygen atoms in total. The third kappa shape index (κ3) is 8.22. The summed E-state index contributed by atoms with van der Waals surface area (Å²) < 4.78 is 64.6. The third-order valence-electron chi connectivity index (χ3n) is 5.16. The maximum atomic E-state index is 13.2. The first-order chi connectivity index (χ1) is 17.6. The van der Waals surface area contributed by atoms with Crippen molar-refractivity contribution in [1.82, 2.24) is 14.9 Å². The van der Waals surface area contributed by atoms with Crippen LogP contribution in [0.15, 0.2) is 36.7 Å². The van der Waals surface area contributed by atoms with Crippen molar-refractivity contribution in [2.45, 2.75) is 72.3 Å². The highest BCUT2D eigenvalue weighted by Gasteiger charge is 2.37. The Morgan fingerprint density at radius 3 is 2.32 bits per heavy atom. The summed E-state index contributed by atoms with van der Waals surface area (Å²) in [5, 5.41) is 18.4. The molecule has 0 bridgehead atoms. The minimum absolute atomic E-state index is 0.123. The van der Waals surface area contributed by atoms with E-state index in [9.17, 15) is 22.7 Å². The summed E-state index contributed by atoms with van der Waals surface area (Å²) in [6.07, 6.45) is 3.03. The third-order valence-corrected chi connectivity index (χ3v) is 5.16. The number of aliphatic hydroxyl groups is 1. The van der Waals surface area contributed by atoms with Gasteiger partial charge in [0.1, 0.15) is 23.0 Å². The molecule has 37 heavy (non-hydrogen) atoms. The summed E-state index contributed by atoms with van der Waals surface area (Å²) in [6.45, 7) is 5.70. The summed E-state index contributed by atoms with van der Waals surface area (Å²) in [5.41, 5.74) is 0.535.